The summed E-state index contributed by atoms with van der Waals surface area (Å²) in [6.45, 7) is 2.00. The standard InChI is InChI=1S/C17H16ClN3S.C4H6O4/c18-14-4-3-12-5-8-19-9-6-13(12)17(14)21-15(7-10-20-21)16-2-1-11-22-16;5-3(6)1-2-4(7)8/h1-4,7,10-11,19H,5-6,8-9H2;1-2H2,(H,5,6)(H,7,8). The van der Waals surface area contributed by atoms with Crippen molar-refractivity contribution in [2.45, 2.75) is 25.7 Å². The molecule has 0 spiro atoms. The number of carboxylic acids is 2. The van der Waals surface area contributed by atoms with Crippen LogP contribution in [0.1, 0.15) is 24.0 Å². The van der Waals surface area contributed by atoms with Crippen LogP contribution in [0.4, 0.5) is 0 Å². The number of hydrogen-bond donors (Lipinski definition) is 3. The van der Waals surface area contributed by atoms with Crippen LogP contribution < -0.4 is 5.32 Å². The highest BCUT2D eigenvalue weighted by atomic mass is 35.5. The Kier molecular flexibility index (Phi) is 7.62. The molecule has 0 saturated heterocycles. The second kappa shape index (κ2) is 10.4. The minimum Gasteiger partial charge on any atom is -0.481 e. The van der Waals surface area contributed by atoms with E-state index in [0.29, 0.717) is 0 Å². The van der Waals surface area contributed by atoms with Gasteiger partial charge in [-0.1, -0.05) is 23.7 Å². The Morgan fingerprint density at radius 2 is 1.83 bits per heavy atom. The zero-order chi connectivity index (χ0) is 21.5. The molecule has 4 rings (SSSR count). The number of aromatic nitrogens is 2. The van der Waals surface area contributed by atoms with Crippen LogP contribution in [0.5, 0.6) is 0 Å². The molecule has 7 nitrogen and oxygen atoms in total. The van der Waals surface area contributed by atoms with Gasteiger partial charge in [0.1, 0.15) is 0 Å². The Bertz CT molecular complexity index is 1000. The molecule has 1 aliphatic heterocycles. The van der Waals surface area contributed by atoms with Gasteiger partial charge in [-0.15, -0.1) is 11.3 Å². The number of fused-ring (bicyclic) bond motifs is 1. The largest absolute Gasteiger partial charge is 0.481 e. The van der Waals surface area contributed by atoms with Gasteiger partial charge in [0.2, 0.25) is 0 Å². The highest BCUT2D eigenvalue weighted by molar-refractivity contribution is 7.13. The summed E-state index contributed by atoms with van der Waals surface area (Å²) in [5, 5.41) is 26.7. The maximum Gasteiger partial charge on any atom is 0.303 e. The summed E-state index contributed by atoms with van der Waals surface area (Å²) in [4.78, 5) is 20.5. The molecule has 0 aliphatic carbocycles. The smallest absolute Gasteiger partial charge is 0.303 e. The third kappa shape index (κ3) is 5.47. The van der Waals surface area contributed by atoms with Crippen molar-refractivity contribution < 1.29 is 19.8 Å². The van der Waals surface area contributed by atoms with Crippen molar-refractivity contribution in [3.63, 3.8) is 0 Å². The van der Waals surface area contributed by atoms with Crippen molar-refractivity contribution in [1.29, 1.82) is 0 Å². The number of nitrogens with zero attached hydrogens (tertiary/aromatic N) is 2. The third-order valence-corrected chi connectivity index (χ3v) is 5.83. The number of aliphatic carboxylic acids is 2. The molecule has 3 heterocycles. The van der Waals surface area contributed by atoms with Crippen LogP contribution in [0, 0.1) is 0 Å². The Morgan fingerprint density at radius 1 is 1.10 bits per heavy atom. The molecule has 0 saturated carbocycles. The minimum absolute atomic E-state index is 0.296. The Balaban J connectivity index is 0.000000275. The van der Waals surface area contributed by atoms with E-state index in [1.54, 1.807) is 11.3 Å². The second-order valence-electron chi connectivity index (χ2n) is 6.68. The third-order valence-electron chi connectivity index (χ3n) is 4.63. The topological polar surface area (TPSA) is 104 Å². The number of carbonyl (C=O) groups is 2. The Hall–Kier alpha value is -2.68. The van der Waals surface area contributed by atoms with Crippen LogP contribution in [0.3, 0.4) is 0 Å². The van der Waals surface area contributed by atoms with Crippen LogP contribution in [-0.4, -0.2) is 45.0 Å². The SMILES string of the molecule is Clc1ccc2c(c1-n1nccc1-c1cccs1)CCNCC2.O=C(O)CCC(=O)O. The molecule has 9 heteroatoms. The Morgan fingerprint density at radius 3 is 2.50 bits per heavy atom. The summed E-state index contributed by atoms with van der Waals surface area (Å²) in [5.41, 5.74) is 4.83. The minimum atomic E-state index is -1.08. The molecule has 1 aromatic carbocycles. The Labute approximate surface area is 182 Å². The van der Waals surface area contributed by atoms with E-state index < -0.39 is 11.9 Å². The van der Waals surface area contributed by atoms with Crippen LogP contribution in [-0.2, 0) is 22.4 Å². The maximum atomic E-state index is 9.64. The molecule has 30 heavy (non-hydrogen) atoms. The molecule has 0 unspecified atom stereocenters. The predicted octanol–water partition coefficient (Wildman–Crippen LogP) is 3.88. The van der Waals surface area contributed by atoms with Crippen LogP contribution in [0.15, 0.2) is 41.9 Å². The zero-order valence-corrected chi connectivity index (χ0v) is 17.7. The highest BCUT2D eigenvalue weighted by Crippen LogP contribution is 2.33. The molecule has 0 radical (unpaired) electrons. The number of rotatable bonds is 5. The van der Waals surface area contributed by atoms with E-state index in [-0.39, 0.29) is 12.8 Å². The molecule has 0 bridgehead atoms. The molecular formula is C21H22ClN3O4S. The van der Waals surface area contributed by atoms with Gasteiger partial charge in [0.25, 0.3) is 0 Å². The van der Waals surface area contributed by atoms with E-state index in [9.17, 15) is 9.59 Å². The quantitative estimate of drug-likeness (QED) is 0.548. The summed E-state index contributed by atoms with van der Waals surface area (Å²) < 4.78 is 2.00. The molecule has 1 aliphatic rings. The summed E-state index contributed by atoms with van der Waals surface area (Å²) in [6.07, 6.45) is 3.27. The van der Waals surface area contributed by atoms with Crippen LogP contribution >= 0.6 is 22.9 Å². The van der Waals surface area contributed by atoms with E-state index in [1.165, 1.54) is 16.0 Å². The van der Waals surface area contributed by atoms with E-state index >= 15 is 0 Å². The number of nitrogens with one attached hydrogen (secondary N) is 1. The molecule has 2 aromatic heterocycles. The van der Waals surface area contributed by atoms with Gasteiger partial charge in [-0.05, 0) is 60.6 Å². The number of thiophene rings is 1. The number of hydrogen-bond acceptors (Lipinski definition) is 5. The van der Waals surface area contributed by atoms with E-state index in [0.717, 1.165) is 42.3 Å². The summed E-state index contributed by atoms with van der Waals surface area (Å²) in [7, 11) is 0. The van der Waals surface area contributed by atoms with Gasteiger partial charge in [0.05, 0.1) is 40.3 Å². The first-order valence-electron chi connectivity index (χ1n) is 9.50. The summed E-state index contributed by atoms with van der Waals surface area (Å²) in [6, 6.07) is 10.4. The fourth-order valence-corrected chi connectivity index (χ4v) is 4.25. The van der Waals surface area contributed by atoms with Crippen molar-refractivity contribution in [3.8, 4) is 16.3 Å². The first-order valence-corrected chi connectivity index (χ1v) is 10.8. The first-order chi connectivity index (χ1) is 14.5. The lowest BCUT2D eigenvalue weighted by atomic mass is 10.0. The van der Waals surface area contributed by atoms with E-state index in [2.05, 4.69) is 40.1 Å². The van der Waals surface area contributed by atoms with Crippen LogP contribution in [0.2, 0.25) is 5.02 Å². The molecule has 158 valence electrons. The molecular weight excluding hydrogens is 426 g/mol. The van der Waals surface area contributed by atoms with Crippen molar-refractivity contribution in [2.24, 2.45) is 0 Å². The van der Waals surface area contributed by atoms with Gasteiger partial charge >= 0.3 is 11.9 Å². The summed E-state index contributed by atoms with van der Waals surface area (Å²) in [5.74, 6) is -2.15. The molecule has 3 N–H and O–H groups in total. The molecule has 0 fully saturated rings. The average Bonchev–Trinajstić information content (AvgIpc) is 3.34. The normalized spacial score (nSPS) is 13.0. The van der Waals surface area contributed by atoms with E-state index in [4.69, 9.17) is 21.8 Å². The highest BCUT2D eigenvalue weighted by Gasteiger charge is 2.19. The van der Waals surface area contributed by atoms with Gasteiger partial charge in [-0.25, -0.2) is 4.68 Å². The lowest BCUT2D eigenvalue weighted by molar-refractivity contribution is -0.143. The lowest BCUT2D eigenvalue weighted by Crippen LogP contribution is -2.16. The number of carboxylic acid groups (broad SMARTS) is 2. The van der Waals surface area contributed by atoms with Gasteiger partial charge in [-0.3, -0.25) is 9.59 Å². The fraction of sp³-hybridized carbons (Fsp3) is 0.286. The number of halogens is 1. The first kappa shape index (κ1) is 22.0. The van der Waals surface area contributed by atoms with Gasteiger partial charge in [0.15, 0.2) is 0 Å². The average molecular weight is 448 g/mol. The maximum absolute atomic E-state index is 9.64. The summed E-state index contributed by atoms with van der Waals surface area (Å²) >= 11 is 8.28. The monoisotopic (exact) mass is 447 g/mol. The lowest BCUT2D eigenvalue weighted by Gasteiger charge is -2.16. The molecule has 0 amide bonds. The second-order valence-corrected chi connectivity index (χ2v) is 8.03. The molecule has 0 atom stereocenters. The van der Waals surface area contributed by atoms with Crippen LogP contribution in [0.25, 0.3) is 16.3 Å². The van der Waals surface area contributed by atoms with Crippen molar-refractivity contribution in [1.82, 2.24) is 15.1 Å². The van der Waals surface area contributed by atoms with Crippen molar-refractivity contribution in [2.75, 3.05) is 13.1 Å². The zero-order valence-electron chi connectivity index (χ0n) is 16.2. The fourth-order valence-electron chi connectivity index (χ4n) is 3.26. The number of benzene rings is 1. The van der Waals surface area contributed by atoms with Gasteiger partial charge in [0, 0.05) is 0 Å². The molecule has 3 aromatic rings. The van der Waals surface area contributed by atoms with Crippen molar-refractivity contribution >= 4 is 34.9 Å². The van der Waals surface area contributed by atoms with Gasteiger partial charge in [-0.2, -0.15) is 5.10 Å². The predicted molar refractivity (Wildman–Crippen MR) is 117 cm³/mol. The van der Waals surface area contributed by atoms with Gasteiger partial charge < -0.3 is 15.5 Å². The van der Waals surface area contributed by atoms with Crippen molar-refractivity contribution in [3.05, 3.63) is 58.1 Å². The van der Waals surface area contributed by atoms with E-state index in [1.807, 2.05) is 16.9 Å².